The molecule has 0 fully saturated rings. The van der Waals surface area contributed by atoms with Crippen LogP contribution in [0.4, 0.5) is 0 Å². The van der Waals surface area contributed by atoms with Crippen LogP contribution in [0.25, 0.3) is 0 Å². The second-order valence-corrected chi connectivity index (χ2v) is 1.62. The molecule has 8 heavy (non-hydrogen) atoms. The predicted molar refractivity (Wildman–Crippen MR) is 32.1 cm³/mol. The Morgan fingerprint density at radius 2 is 2.12 bits per heavy atom. The van der Waals surface area contributed by atoms with Gasteiger partial charge < -0.3 is 21.1 Å². The van der Waals surface area contributed by atoms with Crippen molar-refractivity contribution >= 4 is 7.69 Å². The Hall–Kier alpha value is -0.0951. The molecule has 0 aromatic carbocycles. The van der Waals surface area contributed by atoms with E-state index in [9.17, 15) is 0 Å². The number of nitrogens with two attached hydrogens (primary N) is 2. The molecule has 5 heteroatoms. The first-order valence-corrected chi connectivity index (χ1v) is 2.42. The van der Waals surface area contributed by atoms with Crippen molar-refractivity contribution in [3.63, 3.8) is 0 Å². The van der Waals surface area contributed by atoms with Crippen LogP contribution >= 0.6 is 0 Å². The molecule has 2 unspecified atom stereocenters. The third-order valence-corrected chi connectivity index (χ3v) is 0.785. The van der Waals surface area contributed by atoms with Gasteiger partial charge in [0, 0.05) is 6.04 Å². The molecule has 0 aliphatic rings. The van der Waals surface area contributed by atoms with E-state index in [1.54, 1.807) is 6.92 Å². The zero-order valence-electron chi connectivity index (χ0n) is 4.87. The summed E-state index contributed by atoms with van der Waals surface area (Å²) >= 11 is 0. The van der Waals surface area contributed by atoms with E-state index >= 15 is 0 Å². The normalized spacial score (nSPS) is 17.5. The van der Waals surface area contributed by atoms with Gasteiger partial charge in [-0.2, -0.15) is 0 Å². The standard InChI is InChI=1S/C3H11BN2O2/c1-2(5)3(6)8-4-7/h2-4,7H,5-6H2,1H3. The van der Waals surface area contributed by atoms with Gasteiger partial charge in [-0.05, 0) is 6.92 Å². The smallest absolute Gasteiger partial charge is 0.430 e. The fourth-order valence-electron chi connectivity index (χ4n) is 0.238. The third-order valence-electron chi connectivity index (χ3n) is 0.785. The van der Waals surface area contributed by atoms with E-state index in [2.05, 4.69) is 4.65 Å². The Bertz CT molecular complexity index is 61.2. The molecule has 0 aromatic heterocycles. The fourth-order valence-corrected chi connectivity index (χ4v) is 0.238. The molecule has 0 saturated heterocycles. The first-order chi connectivity index (χ1) is 3.68. The average molecular weight is 118 g/mol. The van der Waals surface area contributed by atoms with Crippen LogP contribution in [0.5, 0.6) is 0 Å². The molecular weight excluding hydrogens is 107 g/mol. The second kappa shape index (κ2) is 3.85. The van der Waals surface area contributed by atoms with Crippen LogP contribution in [0.1, 0.15) is 6.92 Å². The lowest BCUT2D eigenvalue weighted by Gasteiger charge is -2.13. The van der Waals surface area contributed by atoms with Gasteiger partial charge in [0.15, 0.2) is 0 Å². The van der Waals surface area contributed by atoms with Gasteiger partial charge in [-0.3, -0.25) is 0 Å². The van der Waals surface area contributed by atoms with Crippen molar-refractivity contribution in [2.45, 2.75) is 19.2 Å². The minimum Gasteiger partial charge on any atom is -0.430 e. The topological polar surface area (TPSA) is 81.5 Å². The summed E-state index contributed by atoms with van der Waals surface area (Å²) in [7, 11) is -0.372. The largest absolute Gasteiger partial charge is 0.436 e. The molecule has 2 atom stereocenters. The van der Waals surface area contributed by atoms with Gasteiger partial charge in [-0.25, -0.2) is 0 Å². The van der Waals surface area contributed by atoms with Crippen LogP contribution < -0.4 is 11.5 Å². The van der Waals surface area contributed by atoms with E-state index < -0.39 is 6.23 Å². The Morgan fingerprint density at radius 3 is 2.25 bits per heavy atom. The van der Waals surface area contributed by atoms with E-state index in [1.165, 1.54) is 0 Å². The Labute approximate surface area is 49.1 Å². The zero-order valence-corrected chi connectivity index (χ0v) is 4.87. The van der Waals surface area contributed by atoms with Gasteiger partial charge in [0.05, 0.1) is 0 Å². The molecule has 5 N–H and O–H groups in total. The van der Waals surface area contributed by atoms with Crippen molar-refractivity contribution in [1.29, 1.82) is 0 Å². The van der Waals surface area contributed by atoms with Crippen LogP contribution in [0.2, 0.25) is 0 Å². The number of rotatable bonds is 3. The molecule has 0 aromatic rings. The lowest BCUT2D eigenvalue weighted by molar-refractivity contribution is 0.167. The highest BCUT2D eigenvalue weighted by molar-refractivity contribution is 6.15. The van der Waals surface area contributed by atoms with E-state index in [-0.39, 0.29) is 13.7 Å². The predicted octanol–water partition coefficient (Wildman–Crippen LogP) is -2.11. The monoisotopic (exact) mass is 118 g/mol. The lowest BCUT2D eigenvalue weighted by Crippen LogP contribution is -2.41. The van der Waals surface area contributed by atoms with Gasteiger partial charge in [-0.1, -0.05) is 0 Å². The molecule has 0 saturated carbocycles. The maximum atomic E-state index is 8.13. The SMILES string of the molecule is CC(N)C(N)OBO. The Morgan fingerprint density at radius 1 is 1.62 bits per heavy atom. The van der Waals surface area contributed by atoms with Crippen LogP contribution in [-0.2, 0) is 4.65 Å². The van der Waals surface area contributed by atoms with Crippen LogP contribution in [0.15, 0.2) is 0 Å². The van der Waals surface area contributed by atoms with Crippen LogP contribution in [-0.4, -0.2) is 25.0 Å². The molecule has 0 radical (unpaired) electrons. The average Bonchev–Trinajstić information content (AvgIpc) is 1.67. The van der Waals surface area contributed by atoms with Crippen molar-refractivity contribution in [1.82, 2.24) is 0 Å². The molecule has 0 amide bonds. The van der Waals surface area contributed by atoms with Gasteiger partial charge in [0.2, 0.25) is 0 Å². The minimum atomic E-state index is -0.556. The fraction of sp³-hybridized carbons (Fsp3) is 1.00. The summed E-state index contributed by atoms with van der Waals surface area (Å²) in [6, 6.07) is -0.234. The van der Waals surface area contributed by atoms with E-state index in [0.717, 1.165) is 0 Å². The maximum absolute atomic E-state index is 8.13. The molecule has 0 aliphatic heterocycles. The maximum Gasteiger partial charge on any atom is 0.436 e. The van der Waals surface area contributed by atoms with Crippen LogP contribution in [0, 0.1) is 0 Å². The summed E-state index contributed by atoms with van der Waals surface area (Å²) in [5.74, 6) is 0. The number of hydrogen-bond donors (Lipinski definition) is 3. The minimum absolute atomic E-state index is 0.234. The van der Waals surface area contributed by atoms with Crippen molar-refractivity contribution < 1.29 is 9.68 Å². The van der Waals surface area contributed by atoms with Gasteiger partial charge in [-0.15, -0.1) is 0 Å². The van der Waals surface area contributed by atoms with Gasteiger partial charge >= 0.3 is 7.69 Å². The summed E-state index contributed by atoms with van der Waals surface area (Å²) in [4.78, 5) is 0. The second-order valence-electron chi connectivity index (χ2n) is 1.62. The van der Waals surface area contributed by atoms with E-state index in [0.29, 0.717) is 0 Å². The molecule has 48 valence electrons. The molecular formula is C3H11BN2O2. The highest BCUT2D eigenvalue weighted by Gasteiger charge is 2.05. The molecule has 0 bridgehead atoms. The molecule has 0 aliphatic carbocycles. The first-order valence-electron chi connectivity index (χ1n) is 2.42. The van der Waals surface area contributed by atoms with Crippen molar-refractivity contribution in [2.24, 2.45) is 11.5 Å². The third kappa shape index (κ3) is 2.98. The first kappa shape index (κ1) is 7.90. The van der Waals surface area contributed by atoms with Gasteiger partial charge in [0.25, 0.3) is 0 Å². The molecule has 4 nitrogen and oxygen atoms in total. The molecule has 0 spiro atoms. The summed E-state index contributed by atoms with van der Waals surface area (Å²) in [5.41, 5.74) is 10.5. The lowest BCUT2D eigenvalue weighted by atomic mass is 10.3. The summed E-state index contributed by atoms with van der Waals surface area (Å²) in [6.07, 6.45) is -0.556. The quantitative estimate of drug-likeness (QED) is 0.292. The molecule has 0 rings (SSSR count). The van der Waals surface area contributed by atoms with Crippen molar-refractivity contribution in [3.05, 3.63) is 0 Å². The highest BCUT2D eigenvalue weighted by atomic mass is 16.5. The summed E-state index contributed by atoms with van der Waals surface area (Å²) < 4.78 is 4.51. The van der Waals surface area contributed by atoms with Crippen molar-refractivity contribution in [2.75, 3.05) is 0 Å². The number of hydrogen-bond acceptors (Lipinski definition) is 4. The summed E-state index contributed by atoms with van der Waals surface area (Å²) in [6.45, 7) is 1.71. The van der Waals surface area contributed by atoms with E-state index in [4.69, 9.17) is 16.5 Å². The Kier molecular flexibility index (Phi) is 3.81. The zero-order chi connectivity index (χ0) is 6.57. The Balaban J connectivity index is 3.17. The van der Waals surface area contributed by atoms with Gasteiger partial charge in [0.1, 0.15) is 6.23 Å². The van der Waals surface area contributed by atoms with Crippen molar-refractivity contribution in [3.8, 4) is 0 Å². The van der Waals surface area contributed by atoms with E-state index in [1.807, 2.05) is 0 Å². The summed E-state index contributed by atoms with van der Waals surface area (Å²) in [5, 5.41) is 8.13. The molecule has 0 heterocycles. The highest BCUT2D eigenvalue weighted by Crippen LogP contribution is 1.83. The van der Waals surface area contributed by atoms with Crippen LogP contribution in [0.3, 0.4) is 0 Å².